The summed E-state index contributed by atoms with van der Waals surface area (Å²) in [6, 6.07) is 0.284. The Morgan fingerprint density at radius 3 is 2.78 bits per heavy atom. The van der Waals surface area contributed by atoms with Crippen LogP contribution in [-0.4, -0.2) is 85.3 Å². The van der Waals surface area contributed by atoms with Crippen LogP contribution in [0.15, 0.2) is 4.99 Å². The number of likely N-dealkylation sites (N-methyl/N-ethyl adjacent to an activating group) is 1. The number of fused-ring (bicyclic) bond motifs is 1. The minimum Gasteiger partial charge on any atom is -0.356 e. The van der Waals surface area contributed by atoms with Gasteiger partial charge in [-0.2, -0.15) is 0 Å². The molecule has 0 aromatic heterocycles. The average molecular weight is 323 g/mol. The highest BCUT2D eigenvalue weighted by atomic mass is 16.2. The second-order valence-electron chi connectivity index (χ2n) is 6.93. The van der Waals surface area contributed by atoms with Gasteiger partial charge in [0.25, 0.3) is 0 Å². The molecular formula is C16H29N5O2. The maximum absolute atomic E-state index is 11.8. The summed E-state index contributed by atoms with van der Waals surface area (Å²) in [6.07, 6.45) is 1.58. The molecule has 2 heterocycles. The topological polar surface area (TPSA) is 68.2 Å². The van der Waals surface area contributed by atoms with Gasteiger partial charge in [-0.3, -0.25) is 9.59 Å². The summed E-state index contributed by atoms with van der Waals surface area (Å²) in [6.45, 7) is 7.56. The molecule has 2 amide bonds. The van der Waals surface area contributed by atoms with E-state index in [0.717, 1.165) is 38.6 Å². The van der Waals surface area contributed by atoms with E-state index in [9.17, 15) is 9.59 Å². The molecular weight excluding hydrogens is 294 g/mol. The lowest BCUT2D eigenvalue weighted by Crippen LogP contribution is -2.56. The fourth-order valence-corrected chi connectivity index (χ4v) is 2.90. The number of carbonyl (C=O) groups is 2. The molecule has 1 unspecified atom stereocenters. The first-order valence-electron chi connectivity index (χ1n) is 8.41. The normalized spacial score (nSPS) is 21.7. The van der Waals surface area contributed by atoms with Crippen LogP contribution >= 0.6 is 0 Å². The molecule has 7 nitrogen and oxygen atoms in total. The minimum atomic E-state index is -0.0106. The number of carbonyl (C=O) groups excluding carboxylic acids is 2. The SMILES string of the molecule is CC(C)CNC(=NCC(=O)N(C)C)N1CCN2C(=O)CCC2C1. The van der Waals surface area contributed by atoms with Crippen molar-refractivity contribution in [2.45, 2.75) is 32.7 Å². The summed E-state index contributed by atoms with van der Waals surface area (Å²) in [4.78, 5) is 33.9. The number of aliphatic imine (C=N–C) groups is 1. The monoisotopic (exact) mass is 323 g/mol. The van der Waals surface area contributed by atoms with Crippen molar-refractivity contribution in [1.29, 1.82) is 0 Å². The molecule has 23 heavy (non-hydrogen) atoms. The van der Waals surface area contributed by atoms with Gasteiger partial charge in [0.1, 0.15) is 6.54 Å². The van der Waals surface area contributed by atoms with E-state index < -0.39 is 0 Å². The summed E-state index contributed by atoms with van der Waals surface area (Å²) in [7, 11) is 3.48. The van der Waals surface area contributed by atoms with Gasteiger partial charge in [0.2, 0.25) is 11.8 Å². The van der Waals surface area contributed by atoms with E-state index in [-0.39, 0.29) is 24.4 Å². The van der Waals surface area contributed by atoms with Crippen molar-refractivity contribution in [1.82, 2.24) is 20.0 Å². The third-order valence-corrected chi connectivity index (χ3v) is 4.33. The molecule has 7 heteroatoms. The molecule has 2 aliphatic rings. The number of hydrogen-bond donors (Lipinski definition) is 1. The second-order valence-corrected chi connectivity index (χ2v) is 6.93. The summed E-state index contributed by atoms with van der Waals surface area (Å²) >= 11 is 0. The van der Waals surface area contributed by atoms with Crippen LogP contribution in [0.5, 0.6) is 0 Å². The third kappa shape index (κ3) is 4.59. The molecule has 2 saturated heterocycles. The molecule has 130 valence electrons. The Morgan fingerprint density at radius 2 is 2.13 bits per heavy atom. The number of amides is 2. The van der Waals surface area contributed by atoms with Gasteiger partial charge in [-0.25, -0.2) is 4.99 Å². The largest absolute Gasteiger partial charge is 0.356 e. The van der Waals surface area contributed by atoms with E-state index in [0.29, 0.717) is 12.3 Å². The number of piperazine rings is 1. The van der Waals surface area contributed by atoms with Gasteiger partial charge >= 0.3 is 0 Å². The van der Waals surface area contributed by atoms with Gasteiger partial charge in [-0.15, -0.1) is 0 Å². The van der Waals surface area contributed by atoms with Gasteiger partial charge in [0.15, 0.2) is 5.96 Å². The van der Waals surface area contributed by atoms with Crippen molar-refractivity contribution < 1.29 is 9.59 Å². The Labute approximate surface area is 138 Å². The van der Waals surface area contributed by atoms with Gasteiger partial charge in [-0.05, 0) is 12.3 Å². The van der Waals surface area contributed by atoms with Gasteiger partial charge in [0.05, 0.1) is 0 Å². The molecule has 0 saturated carbocycles. The molecule has 1 N–H and O–H groups in total. The molecule has 2 rings (SSSR count). The Bertz CT molecular complexity index is 475. The van der Waals surface area contributed by atoms with Gasteiger partial charge < -0.3 is 20.0 Å². The van der Waals surface area contributed by atoms with Crippen molar-refractivity contribution in [2.75, 3.05) is 46.8 Å². The zero-order valence-corrected chi connectivity index (χ0v) is 14.7. The predicted molar refractivity (Wildman–Crippen MR) is 90.1 cm³/mol. The van der Waals surface area contributed by atoms with Crippen LogP contribution in [0.3, 0.4) is 0 Å². The summed E-state index contributed by atoms with van der Waals surface area (Å²) < 4.78 is 0. The Morgan fingerprint density at radius 1 is 1.39 bits per heavy atom. The lowest BCUT2D eigenvalue weighted by molar-refractivity contribution is -0.130. The zero-order chi connectivity index (χ0) is 17.0. The van der Waals surface area contributed by atoms with Crippen molar-refractivity contribution in [3.05, 3.63) is 0 Å². The van der Waals surface area contributed by atoms with E-state index in [4.69, 9.17) is 0 Å². The first-order valence-corrected chi connectivity index (χ1v) is 8.41. The highest BCUT2D eigenvalue weighted by molar-refractivity contribution is 5.85. The van der Waals surface area contributed by atoms with Crippen molar-refractivity contribution >= 4 is 17.8 Å². The molecule has 2 fully saturated rings. The predicted octanol–water partition coefficient (Wildman–Crippen LogP) is -0.0172. The minimum absolute atomic E-state index is 0.0106. The molecule has 0 aromatic rings. The number of rotatable bonds is 4. The number of hydrogen-bond acceptors (Lipinski definition) is 3. The summed E-state index contributed by atoms with van der Waals surface area (Å²) in [5.41, 5.74) is 0. The first kappa shape index (κ1) is 17.6. The third-order valence-electron chi connectivity index (χ3n) is 4.33. The van der Waals surface area contributed by atoms with E-state index in [1.165, 1.54) is 0 Å². The maximum Gasteiger partial charge on any atom is 0.243 e. The lowest BCUT2D eigenvalue weighted by atomic mass is 10.1. The van der Waals surface area contributed by atoms with E-state index in [1.807, 2.05) is 4.90 Å². The first-order chi connectivity index (χ1) is 10.9. The number of guanidine groups is 1. The Hall–Kier alpha value is -1.79. The van der Waals surface area contributed by atoms with E-state index in [1.54, 1.807) is 19.0 Å². The number of nitrogens with zero attached hydrogens (tertiary/aromatic N) is 4. The van der Waals surface area contributed by atoms with Crippen molar-refractivity contribution in [3.63, 3.8) is 0 Å². The highest BCUT2D eigenvalue weighted by Crippen LogP contribution is 2.22. The van der Waals surface area contributed by atoms with E-state index >= 15 is 0 Å². The lowest BCUT2D eigenvalue weighted by Gasteiger charge is -2.39. The standard InChI is InChI=1S/C16H29N5O2/c1-12(2)9-17-16(18-10-15(23)19(3)4)20-7-8-21-13(11-20)5-6-14(21)22/h12-13H,5-11H2,1-4H3,(H,17,18). The molecule has 1 atom stereocenters. The summed E-state index contributed by atoms with van der Waals surface area (Å²) in [5.74, 6) is 1.54. The van der Waals surface area contributed by atoms with E-state index in [2.05, 4.69) is 29.1 Å². The quantitative estimate of drug-likeness (QED) is 0.583. The maximum atomic E-state index is 11.8. The van der Waals surface area contributed by atoms with Crippen LogP contribution in [0.25, 0.3) is 0 Å². The Kier molecular flexibility index (Phi) is 5.85. The second kappa shape index (κ2) is 7.66. The number of nitrogens with one attached hydrogen (secondary N) is 1. The van der Waals surface area contributed by atoms with Gasteiger partial charge in [0, 0.05) is 52.7 Å². The summed E-state index contributed by atoms with van der Waals surface area (Å²) in [5, 5.41) is 3.38. The van der Waals surface area contributed by atoms with Gasteiger partial charge in [-0.1, -0.05) is 13.8 Å². The average Bonchev–Trinajstić information content (AvgIpc) is 2.87. The molecule has 2 aliphatic heterocycles. The fourth-order valence-electron chi connectivity index (χ4n) is 2.90. The molecule has 0 spiro atoms. The molecule has 0 aromatic carbocycles. The van der Waals surface area contributed by atoms with Crippen LogP contribution in [0.1, 0.15) is 26.7 Å². The zero-order valence-electron chi connectivity index (χ0n) is 14.7. The van der Waals surface area contributed by atoms with Crippen LogP contribution in [0.4, 0.5) is 0 Å². The highest BCUT2D eigenvalue weighted by Gasteiger charge is 2.36. The van der Waals surface area contributed by atoms with Crippen LogP contribution < -0.4 is 5.32 Å². The molecule has 0 radical (unpaired) electrons. The molecule has 0 aliphatic carbocycles. The van der Waals surface area contributed by atoms with Crippen molar-refractivity contribution in [2.24, 2.45) is 10.9 Å². The van der Waals surface area contributed by atoms with Crippen LogP contribution in [0, 0.1) is 5.92 Å². The van der Waals surface area contributed by atoms with Crippen molar-refractivity contribution in [3.8, 4) is 0 Å². The Balaban J connectivity index is 2.02. The fraction of sp³-hybridized carbons (Fsp3) is 0.812. The molecule has 0 bridgehead atoms. The smallest absolute Gasteiger partial charge is 0.243 e. The van der Waals surface area contributed by atoms with Crippen LogP contribution in [0.2, 0.25) is 0 Å². The van der Waals surface area contributed by atoms with Crippen LogP contribution in [-0.2, 0) is 9.59 Å².